The Morgan fingerprint density at radius 2 is 2.22 bits per heavy atom. The monoisotopic (exact) mass is 252 g/mol. The zero-order valence-corrected chi connectivity index (χ0v) is 11.7. The van der Waals surface area contributed by atoms with E-state index in [1.54, 1.807) is 12.3 Å². The van der Waals surface area contributed by atoms with Crippen molar-refractivity contribution in [3.8, 4) is 5.88 Å². The van der Waals surface area contributed by atoms with Gasteiger partial charge in [-0.25, -0.2) is 4.98 Å². The average Bonchev–Trinajstić information content (AvgIpc) is 2.28. The van der Waals surface area contributed by atoms with Gasteiger partial charge in [0.15, 0.2) is 0 Å². The molecule has 0 aliphatic heterocycles. The Morgan fingerprint density at radius 3 is 2.78 bits per heavy atom. The van der Waals surface area contributed by atoms with Gasteiger partial charge in [0, 0.05) is 24.3 Å². The first-order chi connectivity index (χ1) is 8.49. The standard InChI is InChI=1S/C13H24N4O/c1-5-18-11-6-7-15-12(16-11)17-13(4,9-14)8-10(2)3/h6-7,10H,5,8-9,14H2,1-4H3,(H,15,16,17). The molecule has 1 unspecified atom stereocenters. The van der Waals surface area contributed by atoms with Gasteiger partial charge < -0.3 is 15.8 Å². The van der Waals surface area contributed by atoms with E-state index in [2.05, 4.69) is 36.1 Å². The van der Waals surface area contributed by atoms with Gasteiger partial charge in [0.25, 0.3) is 0 Å². The normalized spacial score (nSPS) is 14.3. The quantitative estimate of drug-likeness (QED) is 0.777. The van der Waals surface area contributed by atoms with Crippen molar-refractivity contribution < 1.29 is 4.74 Å². The predicted molar refractivity (Wildman–Crippen MR) is 73.7 cm³/mol. The number of nitrogens with two attached hydrogens (primary N) is 1. The van der Waals surface area contributed by atoms with Crippen LogP contribution in [-0.4, -0.2) is 28.7 Å². The van der Waals surface area contributed by atoms with Gasteiger partial charge in [-0.2, -0.15) is 4.98 Å². The van der Waals surface area contributed by atoms with Crippen LogP contribution in [-0.2, 0) is 0 Å². The molecular formula is C13H24N4O. The van der Waals surface area contributed by atoms with Crippen molar-refractivity contribution in [3.63, 3.8) is 0 Å². The fourth-order valence-corrected chi connectivity index (χ4v) is 1.99. The Labute approximate surface area is 109 Å². The first-order valence-corrected chi connectivity index (χ1v) is 6.43. The number of nitrogens with one attached hydrogen (secondary N) is 1. The molecular weight excluding hydrogens is 228 g/mol. The van der Waals surface area contributed by atoms with Crippen molar-refractivity contribution in [2.24, 2.45) is 11.7 Å². The minimum absolute atomic E-state index is 0.195. The second-order valence-electron chi connectivity index (χ2n) is 5.14. The first kappa shape index (κ1) is 14.7. The molecule has 0 saturated carbocycles. The summed E-state index contributed by atoms with van der Waals surface area (Å²) in [4.78, 5) is 8.51. The molecule has 0 bridgehead atoms. The third kappa shape index (κ3) is 4.49. The highest BCUT2D eigenvalue weighted by Crippen LogP contribution is 2.20. The summed E-state index contributed by atoms with van der Waals surface area (Å²) >= 11 is 0. The van der Waals surface area contributed by atoms with Crippen molar-refractivity contribution in [1.29, 1.82) is 0 Å². The van der Waals surface area contributed by atoms with Gasteiger partial charge in [0.2, 0.25) is 11.8 Å². The third-order valence-corrected chi connectivity index (χ3v) is 2.65. The molecule has 0 fully saturated rings. The van der Waals surface area contributed by atoms with Gasteiger partial charge in [-0.1, -0.05) is 13.8 Å². The topological polar surface area (TPSA) is 73.1 Å². The van der Waals surface area contributed by atoms with Crippen LogP contribution < -0.4 is 15.8 Å². The molecule has 0 aromatic carbocycles. The lowest BCUT2D eigenvalue weighted by molar-refractivity contribution is 0.326. The minimum atomic E-state index is -0.195. The van der Waals surface area contributed by atoms with E-state index in [4.69, 9.17) is 10.5 Å². The average molecular weight is 252 g/mol. The van der Waals surface area contributed by atoms with Crippen LogP contribution in [0.1, 0.15) is 34.1 Å². The van der Waals surface area contributed by atoms with Gasteiger partial charge in [-0.05, 0) is 26.2 Å². The zero-order valence-electron chi connectivity index (χ0n) is 11.7. The van der Waals surface area contributed by atoms with Gasteiger partial charge in [0.1, 0.15) is 0 Å². The van der Waals surface area contributed by atoms with Crippen LogP contribution in [0.25, 0.3) is 0 Å². The van der Waals surface area contributed by atoms with E-state index in [0.717, 1.165) is 6.42 Å². The summed E-state index contributed by atoms with van der Waals surface area (Å²) in [6.45, 7) is 9.49. The number of hydrogen-bond acceptors (Lipinski definition) is 5. The van der Waals surface area contributed by atoms with E-state index in [1.165, 1.54) is 0 Å². The molecule has 3 N–H and O–H groups in total. The molecule has 1 atom stereocenters. The van der Waals surface area contributed by atoms with Crippen molar-refractivity contribution >= 4 is 5.95 Å². The number of nitrogens with zero attached hydrogens (tertiary/aromatic N) is 2. The van der Waals surface area contributed by atoms with Gasteiger partial charge in [0.05, 0.1) is 6.61 Å². The second-order valence-corrected chi connectivity index (χ2v) is 5.14. The van der Waals surface area contributed by atoms with Crippen molar-refractivity contribution in [1.82, 2.24) is 9.97 Å². The fraction of sp³-hybridized carbons (Fsp3) is 0.692. The van der Waals surface area contributed by atoms with Crippen molar-refractivity contribution in [2.75, 3.05) is 18.5 Å². The molecule has 102 valence electrons. The summed E-state index contributed by atoms with van der Waals surface area (Å²) in [5, 5.41) is 3.31. The van der Waals surface area contributed by atoms with Crippen LogP contribution >= 0.6 is 0 Å². The molecule has 1 rings (SSSR count). The Kier molecular flexibility index (Phi) is 5.34. The van der Waals surface area contributed by atoms with Gasteiger partial charge >= 0.3 is 0 Å². The van der Waals surface area contributed by atoms with E-state index in [0.29, 0.717) is 30.9 Å². The number of aromatic nitrogens is 2. The highest BCUT2D eigenvalue weighted by molar-refractivity contribution is 5.31. The lowest BCUT2D eigenvalue weighted by Gasteiger charge is -2.31. The van der Waals surface area contributed by atoms with Crippen LogP contribution in [0.5, 0.6) is 5.88 Å². The largest absolute Gasteiger partial charge is 0.478 e. The lowest BCUT2D eigenvalue weighted by Crippen LogP contribution is -2.44. The smallest absolute Gasteiger partial charge is 0.226 e. The maximum atomic E-state index is 5.85. The van der Waals surface area contributed by atoms with Crippen LogP contribution in [0.3, 0.4) is 0 Å². The second kappa shape index (κ2) is 6.54. The lowest BCUT2D eigenvalue weighted by atomic mass is 9.91. The van der Waals surface area contributed by atoms with Gasteiger partial charge in [-0.3, -0.25) is 0 Å². The Hall–Kier alpha value is -1.36. The molecule has 0 saturated heterocycles. The zero-order chi connectivity index (χ0) is 13.6. The van der Waals surface area contributed by atoms with Crippen LogP contribution in [0, 0.1) is 5.92 Å². The number of rotatable bonds is 7. The molecule has 1 heterocycles. The van der Waals surface area contributed by atoms with E-state index < -0.39 is 0 Å². The van der Waals surface area contributed by atoms with Crippen LogP contribution in [0.4, 0.5) is 5.95 Å². The Bertz CT molecular complexity index is 370. The maximum absolute atomic E-state index is 5.85. The summed E-state index contributed by atoms with van der Waals surface area (Å²) in [7, 11) is 0. The SMILES string of the molecule is CCOc1ccnc(NC(C)(CN)CC(C)C)n1. The minimum Gasteiger partial charge on any atom is -0.478 e. The van der Waals surface area contributed by atoms with E-state index in [-0.39, 0.29) is 5.54 Å². The maximum Gasteiger partial charge on any atom is 0.226 e. The molecule has 5 heteroatoms. The predicted octanol–water partition coefficient (Wildman–Crippen LogP) is 2.05. The van der Waals surface area contributed by atoms with Gasteiger partial charge in [-0.15, -0.1) is 0 Å². The molecule has 0 amide bonds. The molecule has 0 aliphatic carbocycles. The van der Waals surface area contributed by atoms with E-state index >= 15 is 0 Å². The van der Waals surface area contributed by atoms with Crippen molar-refractivity contribution in [3.05, 3.63) is 12.3 Å². The molecule has 0 spiro atoms. The molecule has 0 aliphatic rings. The summed E-state index contributed by atoms with van der Waals surface area (Å²) in [6, 6.07) is 1.75. The molecule has 1 aromatic rings. The number of anilines is 1. The highest BCUT2D eigenvalue weighted by Gasteiger charge is 2.24. The number of hydrogen-bond donors (Lipinski definition) is 2. The molecule has 0 radical (unpaired) electrons. The highest BCUT2D eigenvalue weighted by atomic mass is 16.5. The molecule has 1 aromatic heterocycles. The first-order valence-electron chi connectivity index (χ1n) is 6.43. The third-order valence-electron chi connectivity index (χ3n) is 2.65. The summed E-state index contributed by atoms with van der Waals surface area (Å²) in [6.07, 6.45) is 2.65. The van der Waals surface area contributed by atoms with Crippen LogP contribution in [0.15, 0.2) is 12.3 Å². The van der Waals surface area contributed by atoms with Crippen LogP contribution in [0.2, 0.25) is 0 Å². The van der Waals surface area contributed by atoms with Crippen molar-refractivity contribution in [2.45, 2.75) is 39.7 Å². The summed E-state index contributed by atoms with van der Waals surface area (Å²) in [5.41, 5.74) is 5.66. The molecule has 18 heavy (non-hydrogen) atoms. The number of ether oxygens (including phenoxy) is 1. The molecule has 5 nitrogen and oxygen atoms in total. The van der Waals surface area contributed by atoms with E-state index in [9.17, 15) is 0 Å². The summed E-state index contributed by atoms with van der Waals surface area (Å²) < 4.78 is 5.35. The Morgan fingerprint density at radius 1 is 1.50 bits per heavy atom. The Balaban J connectivity index is 2.77. The summed E-state index contributed by atoms with van der Waals surface area (Å²) in [5.74, 6) is 1.70. The fourth-order valence-electron chi connectivity index (χ4n) is 1.99. The van der Waals surface area contributed by atoms with E-state index in [1.807, 2.05) is 6.92 Å².